The number of benzene rings is 2. The Morgan fingerprint density at radius 3 is 2.30 bits per heavy atom. The van der Waals surface area contributed by atoms with Gasteiger partial charge in [-0.2, -0.15) is 8.78 Å². The molecule has 7 heteroatoms. The fourth-order valence-corrected chi connectivity index (χ4v) is 2.52. The minimum absolute atomic E-state index is 0.00628. The fourth-order valence-electron chi connectivity index (χ4n) is 2.52. The number of ether oxygens (including phenoxy) is 3. The first kappa shape index (κ1) is 20.5. The van der Waals surface area contributed by atoms with Gasteiger partial charge < -0.3 is 19.5 Å². The summed E-state index contributed by atoms with van der Waals surface area (Å²) in [5.41, 5.74) is 0.819. The van der Waals surface area contributed by atoms with Crippen molar-refractivity contribution in [3.8, 4) is 17.2 Å². The van der Waals surface area contributed by atoms with Crippen LogP contribution in [-0.4, -0.2) is 25.7 Å². The van der Waals surface area contributed by atoms with Gasteiger partial charge in [0.25, 0.3) is 5.91 Å². The summed E-state index contributed by atoms with van der Waals surface area (Å²) in [6.45, 7) is 2.60. The number of carbonyl (C=O) groups excluding carboxylic acids is 1. The lowest BCUT2D eigenvalue weighted by atomic mass is 10.1. The topological polar surface area (TPSA) is 56.8 Å². The van der Waals surface area contributed by atoms with E-state index >= 15 is 0 Å². The van der Waals surface area contributed by atoms with Crippen molar-refractivity contribution in [3.05, 3.63) is 53.6 Å². The van der Waals surface area contributed by atoms with Crippen LogP contribution < -0.4 is 19.5 Å². The van der Waals surface area contributed by atoms with Crippen molar-refractivity contribution in [2.24, 2.45) is 0 Å². The Morgan fingerprint density at radius 1 is 0.963 bits per heavy atom. The molecule has 0 saturated carbocycles. The van der Waals surface area contributed by atoms with Crippen molar-refractivity contribution >= 4 is 5.91 Å². The van der Waals surface area contributed by atoms with E-state index in [-0.39, 0.29) is 23.5 Å². The molecule has 0 aliphatic carbocycles. The van der Waals surface area contributed by atoms with Gasteiger partial charge in [-0.05, 0) is 50.6 Å². The van der Waals surface area contributed by atoms with Gasteiger partial charge in [0.05, 0.1) is 24.8 Å². The highest BCUT2D eigenvalue weighted by molar-refractivity contribution is 5.97. The monoisotopic (exact) mass is 379 g/mol. The summed E-state index contributed by atoms with van der Waals surface area (Å²) in [7, 11) is 1.54. The largest absolute Gasteiger partial charge is 0.493 e. The van der Waals surface area contributed by atoms with Crippen molar-refractivity contribution in [1.82, 2.24) is 5.32 Å². The molecule has 0 aromatic heterocycles. The molecule has 2 aromatic rings. The van der Waals surface area contributed by atoms with Crippen molar-refractivity contribution in [1.29, 1.82) is 0 Å². The van der Waals surface area contributed by atoms with E-state index < -0.39 is 12.5 Å². The zero-order valence-corrected chi connectivity index (χ0v) is 15.7. The highest BCUT2D eigenvalue weighted by Crippen LogP contribution is 2.31. The maximum absolute atomic E-state index is 12.5. The van der Waals surface area contributed by atoms with Crippen LogP contribution in [0.3, 0.4) is 0 Å². The minimum Gasteiger partial charge on any atom is -0.493 e. The summed E-state index contributed by atoms with van der Waals surface area (Å²) in [6, 6.07) is 10.8. The van der Waals surface area contributed by atoms with Crippen molar-refractivity contribution < 1.29 is 27.8 Å². The van der Waals surface area contributed by atoms with Crippen molar-refractivity contribution in [2.75, 3.05) is 7.11 Å². The molecule has 0 radical (unpaired) electrons. The van der Waals surface area contributed by atoms with Crippen LogP contribution in [0.15, 0.2) is 42.5 Å². The van der Waals surface area contributed by atoms with E-state index in [9.17, 15) is 13.6 Å². The standard InChI is InChI=1S/C20H23F2NO4/c1-12(2)26-17-10-9-14(11-18(17)25-4)13(3)23-19(24)15-7-5-6-8-16(15)27-20(21)22/h5-13,20H,1-4H3,(H,23,24). The Balaban J connectivity index is 2.17. The number of nitrogens with one attached hydrogen (secondary N) is 1. The Labute approximate surface area is 157 Å². The van der Waals surface area contributed by atoms with Crippen molar-refractivity contribution in [3.63, 3.8) is 0 Å². The molecule has 1 N–H and O–H groups in total. The van der Waals surface area contributed by atoms with Gasteiger partial charge in [0, 0.05) is 0 Å². The van der Waals surface area contributed by atoms with Crippen LogP contribution in [0.4, 0.5) is 8.78 Å². The van der Waals surface area contributed by atoms with E-state index in [0.717, 1.165) is 5.56 Å². The third-order valence-corrected chi connectivity index (χ3v) is 3.75. The number of rotatable bonds is 8. The number of hydrogen-bond donors (Lipinski definition) is 1. The van der Waals surface area contributed by atoms with E-state index in [0.29, 0.717) is 11.5 Å². The summed E-state index contributed by atoms with van der Waals surface area (Å²) in [5, 5.41) is 2.78. The molecule has 0 aliphatic rings. The lowest BCUT2D eigenvalue weighted by molar-refractivity contribution is -0.0501. The lowest BCUT2D eigenvalue weighted by Crippen LogP contribution is -2.27. The highest BCUT2D eigenvalue weighted by atomic mass is 19.3. The molecule has 2 aromatic carbocycles. The van der Waals surface area contributed by atoms with Gasteiger partial charge in [0.15, 0.2) is 11.5 Å². The second kappa shape index (κ2) is 9.21. The summed E-state index contributed by atoms with van der Waals surface area (Å²) in [4.78, 5) is 12.5. The smallest absolute Gasteiger partial charge is 0.387 e. The summed E-state index contributed by atoms with van der Waals surface area (Å²) in [6.07, 6.45) is -0.00628. The van der Waals surface area contributed by atoms with E-state index in [1.807, 2.05) is 19.9 Å². The van der Waals surface area contributed by atoms with Crippen LogP contribution in [0.1, 0.15) is 42.7 Å². The molecule has 5 nitrogen and oxygen atoms in total. The molecule has 1 amide bonds. The first-order chi connectivity index (χ1) is 12.8. The maximum Gasteiger partial charge on any atom is 0.387 e. The first-order valence-electron chi connectivity index (χ1n) is 8.51. The first-order valence-corrected chi connectivity index (χ1v) is 8.51. The van der Waals surface area contributed by atoms with Crippen LogP contribution in [0, 0.1) is 0 Å². The van der Waals surface area contributed by atoms with Crippen LogP contribution in [-0.2, 0) is 0 Å². The SMILES string of the molecule is COc1cc(C(C)NC(=O)c2ccccc2OC(F)F)ccc1OC(C)C. The van der Waals surface area contributed by atoms with Gasteiger partial charge in [0.1, 0.15) is 5.75 Å². The molecule has 2 rings (SSSR count). The second-order valence-electron chi connectivity index (χ2n) is 6.15. The number of alkyl halides is 2. The fraction of sp³-hybridized carbons (Fsp3) is 0.350. The molecule has 146 valence electrons. The van der Waals surface area contributed by atoms with E-state index in [2.05, 4.69) is 10.1 Å². The normalized spacial score (nSPS) is 12.0. The van der Waals surface area contributed by atoms with Crippen LogP contribution in [0.5, 0.6) is 17.2 Å². The van der Waals surface area contributed by atoms with Gasteiger partial charge in [0.2, 0.25) is 0 Å². The zero-order valence-electron chi connectivity index (χ0n) is 15.7. The number of hydrogen-bond acceptors (Lipinski definition) is 4. The molecular weight excluding hydrogens is 356 g/mol. The predicted molar refractivity (Wildman–Crippen MR) is 97.7 cm³/mol. The summed E-state index contributed by atoms with van der Waals surface area (Å²) >= 11 is 0. The number of para-hydroxylation sites is 1. The number of amides is 1. The zero-order chi connectivity index (χ0) is 20.0. The van der Waals surface area contributed by atoms with E-state index in [1.165, 1.54) is 25.3 Å². The third kappa shape index (κ3) is 5.57. The molecular formula is C20H23F2NO4. The molecule has 1 atom stereocenters. The predicted octanol–water partition coefficient (Wildman–Crippen LogP) is 4.57. The quantitative estimate of drug-likeness (QED) is 0.730. The average molecular weight is 379 g/mol. The van der Waals surface area contributed by atoms with Crippen LogP contribution in [0.25, 0.3) is 0 Å². The molecule has 0 spiro atoms. The van der Waals surface area contributed by atoms with E-state index in [4.69, 9.17) is 9.47 Å². The maximum atomic E-state index is 12.5. The summed E-state index contributed by atoms with van der Waals surface area (Å²) < 4.78 is 40.5. The van der Waals surface area contributed by atoms with Gasteiger partial charge >= 0.3 is 6.61 Å². The summed E-state index contributed by atoms with van der Waals surface area (Å²) in [5.74, 6) is 0.463. The number of methoxy groups -OCH3 is 1. The minimum atomic E-state index is -3.01. The van der Waals surface area contributed by atoms with Gasteiger partial charge in [-0.25, -0.2) is 0 Å². The second-order valence-corrected chi connectivity index (χ2v) is 6.15. The van der Waals surface area contributed by atoms with Gasteiger partial charge in [-0.1, -0.05) is 18.2 Å². The Morgan fingerprint density at radius 2 is 1.67 bits per heavy atom. The number of carbonyl (C=O) groups is 1. The molecule has 27 heavy (non-hydrogen) atoms. The molecule has 0 saturated heterocycles. The molecule has 1 unspecified atom stereocenters. The molecule has 0 heterocycles. The van der Waals surface area contributed by atoms with Crippen LogP contribution in [0.2, 0.25) is 0 Å². The Bertz CT molecular complexity index is 780. The molecule has 0 aliphatic heterocycles. The van der Waals surface area contributed by atoms with Gasteiger partial charge in [-0.15, -0.1) is 0 Å². The lowest BCUT2D eigenvalue weighted by Gasteiger charge is -2.19. The highest BCUT2D eigenvalue weighted by Gasteiger charge is 2.18. The Hall–Kier alpha value is -2.83. The van der Waals surface area contributed by atoms with E-state index in [1.54, 1.807) is 25.1 Å². The van der Waals surface area contributed by atoms with Gasteiger partial charge in [-0.3, -0.25) is 4.79 Å². The third-order valence-electron chi connectivity index (χ3n) is 3.75. The van der Waals surface area contributed by atoms with Crippen LogP contribution >= 0.6 is 0 Å². The van der Waals surface area contributed by atoms with Crippen molar-refractivity contribution in [2.45, 2.75) is 39.5 Å². The molecule has 0 fully saturated rings. The molecule has 0 bridgehead atoms. The Kier molecular flexibility index (Phi) is 6.98. The average Bonchev–Trinajstić information content (AvgIpc) is 2.61. The number of halogens is 2.